The van der Waals surface area contributed by atoms with Gasteiger partial charge in [0.15, 0.2) is 0 Å². The summed E-state index contributed by atoms with van der Waals surface area (Å²) in [5.41, 5.74) is 7.36. The average molecular weight is 194 g/mol. The number of hydrogen-bond donors (Lipinski definition) is 1. The Morgan fingerprint density at radius 3 is 2.71 bits per heavy atom. The van der Waals surface area contributed by atoms with Gasteiger partial charge in [0.2, 0.25) is 0 Å². The highest BCUT2D eigenvalue weighted by Crippen LogP contribution is 2.07. The molecule has 0 radical (unpaired) electrons. The van der Waals surface area contributed by atoms with E-state index in [9.17, 15) is 4.79 Å². The van der Waals surface area contributed by atoms with Gasteiger partial charge in [-0.15, -0.1) is 0 Å². The van der Waals surface area contributed by atoms with Gasteiger partial charge >= 0.3 is 0 Å². The molecule has 0 spiro atoms. The molecule has 0 fully saturated rings. The first-order valence-corrected chi connectivity index (χ1v) is 5.12. The molecule has 3 nitrogen and oxygen atoms in total. The zero-order valence-corrected chi connectivity index (χ0v) is 8.92. The number of aromatic nitrogens is 1. The van der Waals surface area contributed by atoms with Gasteiger partial charge in [0, 0.05) is 18.3 Å². The zero-order chi connectivity index (χ0) is 10.6. The third-order valence-electron chi connectivity index (χ3n) is 2.48. The van der Waals surface area contributed by atoms with Crippen LogP contribution in [-0.4, -0.2) is 4.57 Å². The van der Waals surface area contributed by atoms with Gasteiger partial charge in [-0.05, 0) is 19.4 Å². The van der Waals surface area contributed by atoms with E-state index in [1.54, 1.807) is 10.6 Å². The summed E-state index contributed by atoms with van der Waals surface area (Å²) in [6.07, 6.45) is 3.36. The molecule has 1 rings (SSSR count). The van der Waals surface area contributed by atoms with E-state index in [0.29, 0.717) is 5.69 Å². The molecule has 1 heterocycles. The summed E-state index contributed by atoms with van der Waals surface area (Å²) in [6.45, 7) is 4.82. The number of nitrogens with two attached hydrogens (primary N) is 1. The van der Waals surface area contributed by atoms with Crippen molar-refractivity contribution in [2.24, 2.45) is 0 Å². The topological polar surface area (TPSA) is 48.0 Å². The number of rotatable bonds is 4. The van der Waals surface area contributed by atoms with Crippen molar-refractivity contribution in [1.82, 2.24) is 4.57 Å². The summed E-state index contributed by atoms with van der Waals surface area (Å²) in [5.74, 6) is 0. The van der Waals surface area contributed by atoms with Gasteiger partial charge in [-0.1, -0.05) is 19.8 Å². The quantitative estimate of drug-likeness (QED) is 0.744. The Labute approximate surface area is 84.6 Å². The number of nitrogens with zero attached hydrogens (tertiary/aromatic N) is 1. The first-order valence-electron chi connectivity index (χ1n) is 5.12. The lowest BCUT2D eigenvalue weighted by molar-refractivity contribution is 0.577. The fraction of sp³-hybridized carbons (Fsp3) is 0.545. The zero-order valence-electron chi connectivity index (χ0n) is 8.92. The summed E-state index contributed by atoms with van der Waals surface area (Å²) in [6, 6.07) is 3.21. The normalized spacial score (nSPS) is 10.4. The smallest absolute Gasteiger partial charge is 0.250 e. The van der Waals surface area contributed by atoms with E-state index in [1.165, 1.54) is 6.07 Å². The van der Waals surface area contributed by atoms with Crippen molar-refractivity contribution in [2.45, 2.75) is 39.7 Å². The first kappa shape index (κ1) is 10.8. The van der Waals surface area contributed by atoms with E-state index in [1.807, 2.05) is 6.92 Å². The number of unbranched alkanes of at least 4 members (excludes halogenated alkanes) is 2. The summed E-state index contributed by atoms with van der Waals surface area (Å²) in [5, 5.41) is 0. The Morgan fingerprint density at radius 2 is 2.07 bits per heavy atom. The lowest BCUT2D eigenvalue weighted by Crippen LogP contribution is -2.22. The predicted octanol–water partition coefficient (Wildman–Crippen LogP) is 1.93. The Bertz CT molecular complexity index is 355. The SMILES string of the molecule is CCCCCn1c(C)c(N)ccc1=O. The van der Waals surface area contributed by atoms with Crippen molar-refractivity contribution in [3.63, 3.8) is 0 Å². The fourth-order valence-electron chi connectivity index (χ4n) is 1.49. The molecule has 0 amide bonds. The maximum atomic E-state index is 11.5. The lowest BCUT2D eigenvalue weighted by Gasteiger charge is -2.10. The van der Waals surface area contributed by atoms with Crippen LogP contribution in [0.4, 0.5) is 5.69 Å². The second kappa shape index (κ2) is 4.84. The Kier molecular flexibility index (Phi) is 3.74. The minimum Gasteiger partial charge on any atom is -0.397 e. The summed E-state index contributed by atoms with van der Waals surface area (Å²) in [4.78, 5) is 11.5. The summed E-state index contributed by atoms with van der Waals surface area (Å²) >= 11 is 0. The fourth-order valence-corrected chi connectivity index (χ4v) is 1.49. The molecule has 0 atom stereocenters. The van der Waals surface area contributed by atoms with Gasteiger partial charge < -0.3 is 10.3 Å². The monoisotopic (exact) mass is 194 g/mol. The van der Waals surface area contributed by atoms with Crippen molar-refractivity contribution in [1.29, 1.82) is 0 Å². The molecule has 0 aliphatic rings. The molecular formula is C11H18N2O. The van der Waals surface area contributed by atoms with Crippen molar-refractivity contribution >= 4 is 5.69 Å². The number of anilines is 1. The van der Waals surface area contributed by atoms with Gasteiger partial charge in [-0.3, -0.25) is 4.79 Å². The van der Waals surface area contributed by atoms with Gasteiger partial charge in [0.25, 0.3) is 5.56 Å². The van der Waals surface area contributed by atoms with Crippen LogP contribution in [0.15, 0.2) is 16.9 Å². The van der Waals surface area contributed by atoms with E-state index >= 15 is 0 Å². The van der Waals surface area contributed by atoms with Gasteiger partial charge in [-0.25, -0.2) is 0 Å². The maximum Gasteiger partial charge on any atom is 0.250 e. The molecule has 2 N–H and O–H groups in total. The number of hydrogen-bond acceptors (Lipinski definition) is 2. The van der Waals surface area contributed by atoms with Crippen LogP contribution in [0.25, 0.3) is 0 Å². The van der Waals surface area contributed by atoms with Crippen LogP contribution in [-0.2, 0) is 6.54 Å². The van der Waals surface area contributed by atoms with E-state index < -0.39 is 0 Å². The van der Waals surface area contributed by atoms with Gasteiger partial charge in [-0.2, -0.15) is 0 Å². The average Bonchev–Trinajstić information content (AvgIpc) is 2.18. The first-order chi connectivity index (χ1) is 6.66. The van der Waals surface area contributed by atoms with E-state index in [-0.39, 0.29) is 5.56 Å². The molecular weight excluding hydrogens is 176 g/mol. The number of nitrogen functional groups attached to an aromatic ring is 1. The Morgan fingerprint density at radius 1 is 1.36 bits per heavy atom. The highest BCUT2D eigenvalue weighted by atomic mass is 16.1. The minimum absolute atomic E-state index is 0.0489. The molecule has 0 aliphatic heterocycles. The van der Waals surface area contributed by atoms with Gasteiger partial charge in [0.05, 0.1) is 5.69 Å². The molecule has 0 unspecified atom stereocenters. The van der Waals surface area contributed by atoms with Crippen molar-refractivity contribution in [3.05, 3.63) is 28.2 Å². The van der Waals surface area contributed by atoms with Crippen LogP contribution >= 0.6 is 0 Å². The molecule has 14 heavy (non-hydrogen) atoms. The molecule has 0 aliphatic carbocycles. The highest BCUT2D eigenvalue weighted by molar-refractivity contribution is 5.41. The molecule has 0 saturated heterocycles. The maximum absolute atomic E-state index is 11.5. The van der Waals surface area contributed by atoms with E-state index in [4.69, 9.17) is 5.73 Å². The van der Waals surface area contributed by atoms with Gasteiger partial charge in [0.1, 0.15) is 0 Å². The molecule has 0 aromatic carbocycles. The summed E-state index contributed by atoms with van der Waals surface area (Å²) in [7, 11) is 0. The molecule has 78 valence electrons. The second-order valence-corrected chi connectivity index (χ2v) is 3.57. The number of pyridine rings is 1. The van der Waals surface area contributed by atoms with E-state index in [2.05, 4.69) is 6.92 Å². The summed E-state index contributed by atoms with van der Waals surface area (Å²) < 4.78 is 1.75. The van der Waals surface area contributed by atoms with Crippen molar-refractivity contribution < 1.29 is 0 Å². The Balaban J connectivity index is 2.84. The molecule has 1 aromatic heterocycles. The van der Waals surface area contributed by atoms with Crippen LogP contribution in [0, 0.1) is 6.92 Å². The minimum atomic E-state index is 0.0489. The van der Waals surface area contributed by atoms with Crippen LogP contribution in [0.1, 0.15) is 31.9 Å². The lowest BCUT2D eigenvalue weighted by atomic mass is 10.2. The predicted molar refractivity (Wildman–Crippen MR) is 59.4 cm³/mol. The molecule has 3 heteroatoms. The third-order valence-corrected chi connectivity index (χ3v) is 2.48. The van der Waals surface area contributed by atoms with Crippen LogP contribution < -0.4 is 11.3 Å². The van der Waals surface area contributed by atoms with Crippen molar-refractivity contribution in [3.8, 4) is 0 Å². The molecule has 0 bridgehead atoms. The van der Waals surface area contributed by atoms with Crippen LogP contribution in [0.2, 0.25) is 0 Å². The third kappa shape index (κ3) is 2.37. The largest absolute Gasteiger partial charge is 0.397 e. The highest BCUT2D eigenvalue weighted by Gasteiger charge is 2.02. The Hall–Kier alpha value is -1.25. The molecule has 1 aromatic rings. The standard InChI is InChI=1S/C11H18N2O/c1-3-4-5-8-13-9(2)10(12)6-7-11(13)14/h6-7H,3-5,8,12H2,1-2H3. The molecule has 0 saturated carbocycles. The van der Waals surface area contributed by atoms with Crippen LogP contribution in [0.5, 0.6) is 0 Å². The van der Waals surface area contributed by atoms with E-state index in [0.717, 1.165) is 31.5 Å². The van der Waals surface area contributed by atoms with Crippen LogP contribution in [0.3, 0.4) is 0 Å². The van der Waals surface area contributed by atoms with Crippen molar-refractivity contribution in [2.75, 3.05) is 5.73 Å². The second-order valence-electron chi connectivity index (χ2n) is 3.57.